The van der Waals surface area contributed by atoms with E-state index in [1.165, 1.54) is 0 Å². The van der Waals surface area contributed by atoms with Crippen molar-refractivity contribution in [3.63, 3.8) is 0 Å². The Balaban J connectivity index is 4.81. The Bertz CT molecular complexity index is 189. The molecule has 1 atom stereocenters. The predicted octanol–water partition coefficient (Wildman–Crippen LogP) is 2.51. The lowest BCUT2D eigenvalue weighted by atomic mass is 9.83. The van der Waals surface area contributed by atoms with E-state index in [9.17, 15) is 0 Å². The van der Waals surface area contributed by atoms with Crippen LogP contribution in [0.15, 0.2) is 0 Å². The third-order valence-electron chi connectivity index (χ3n) is 3.81. The molecule has 0 fully saturated rings. The molecule has 0 aliphatic rings. The predicted molar refractivity (Wildman–Crippen MR) is 75.6 cm³/mol. The Morgan fingerprint density at radius 3 is 1.94 bits per heavy atom. The number of likely N-dealkylation sites (N-methyl/N-ethyl adjacent to an activating group) is 2. The van der Waals surface area contributed by atoms with Crippen molar-refractivity contribution in [3.8, 4) is 0 Å². The van der Waals surface area contributed by atoms with Crippen molar-refractivity contribution in [2.75, 3.05) is 27.2 Å². The van der Waals surface area contributed by atoms with Gasteiger partial charge in [0.1, 0.15) is 0 Å². The third kappa shape index (κ3) is 4.57. The molecule has 0 radical (unpaired) electrons. The summed E-state index contributed by atoms with van der Waals surface area (Å²) in [6.07, 6.45) is 2.57. The van der Waals surface area contributed by atoms with Crippen LogP contribution in [0, 0.1) is 0 Å². The van der Waals surface area contributed by atoms with Gasteiger partial charge in [0.25, 0.3) is 0 Å². The van der Waals surface area contributed by atoms with Gasteiger partial charge >= 0.3 is 0 Å². The van der Waals surface area contributed by atoms with Crippen LogP contribution in [-0.2, 0) is 4.74 Å². The van der Waals surface area contributed by atoms with E-state index in [1.807, 2.05) is 0 Å². The molecule has 0 aromatic carbocycles. The number of nitrogens with one attached hydrogen (secondary N) is 1. The molecule has 0 aliphatic heterocycles. The lowest BCUT2D eigenvalue weighted by Crippen LogP contribution is -2.60. The SMILES string of the molecule is CCNC(COC(C)C)C(CC)(CC)N(C)C. The number of nitrogens with zero attached hydrogens (tertiary/aromatic N) is 1. The van der Waals surface area contributed by atoms with Gasteiger partial charge in [0.05, 0.1) is 12.7 Å². The third-order valence-corrected chi connectivity index (χ3v) is 3.81. The standard InChI is InChI=1S/C14H32N2O/c1-8-14(9-2,16(6)7)13(15-10-3)11-17-12(4)5/h12-13,15H,8-11H2,1-7H3. The summed E-state index contributed by atoms with van der Waals surface area (Å²) < 4.78 is 5.83. The smallest absolute Gasteiger partial charge is 0.0641 e. The van der Waals surface area contributed by atoms with Crippen molar-refractivity contribution in [3.05, 3.63) is 0 Å². The summed E-state index contributed by atoms with van der Waals surface area (Å²) in [6, 6.07) is 0.389. The van der Waals surface area contributed by atoms with E-state index < -0.39 is 0 Å². The lowest BCUT2D eigenvalue weighted by Gasteiger charge is -2.45. The first-order chi connectivity index (χ1) is 7.94. The van der Waals surface area contributed by atoms with Crippen molar-refractivity contribution in [2.45, 2.75) is 65.1 Å². The van der Waals surface area contributed by atoms with Gasteiger partial charge in [-0.1, -0.05) is 20.8 Å². The van der Waals surface area contributed by atoms with Crippen LogP contribution >= 0.6 is 0 Å². The fourth-order valence-corrected chi connectivity index (χ4v) is 2.63. The first-order valence-electron chi connectivity index (χ1n) is 6.96. The maximum absolute atomic E-state index is 5.83. The normalized spacial score (nSPS) is 14.6. The fourth-order valence-electron chi connectivity index (χ4n) is 2.63. The van der Waals surface area contributed by atoms with E-state index >= 15 is 0 Å². The number of ether oxygens (including phenoxy) is 1. The molecule has 0 rings (SSSR count). The molecule has 3 nitrogen and oxygen atoms in total. The average molecular weight is 244 g/mol. The Morgan fingerprint density at radius 2 is 1.65 bits per heavy atom. The maximum atomic E-state index is 5.83. The van der Waals surface area contributed by atoms with E-state index in [-0.39, 0.29) is 5.54 Å². The molecule has 1 unspecified atom stereocenters. The van der Waals surface area contributed by atoms with Crippen molar-refractivity contribution in [1.29, 1.82) is 0 Å². The fraction of sp³-hybridized carbons (Fsp3) is 1.00. The summed E-state index contributed by atoms with van der Waals surface area (Å²) in [5.74, 6) is 0. The van der Waals surface area contributed by atoms with Crippen LogP contribution in [0.2, 0.25) is 0 Å². The lowest BCUT2D eigenvalue weighted by molar-refractivity contribution is 0.00263. The van der Waals surface area contributed by atoms with Crippen LogP contribution in [0.3, 0.4) is 0 Å². The Hall–Kier alpha value is -0.120. The van der Waals surface area contributed by atoms with Crippen molar-refractivity contribution in [2.24, 2.45) is 0 Å². The van der Waals surface area contributed by atoms with Gasteiger partial charge in [-0.05, 0) is 47.3 Å². The first-order valence-corrected chi connectivity index (χ1v) is 6.96. The van der Waals surface area contributed by atoms with Crippen LogP contribution in [0.4, 0.5) is 0 Å². The summed E-state index contributed by atoms with van der Waals surface area (Å²) in [4.78, 5) is 2.35. The van der Waals surface area contributed by atoms with Crippen LogP contribution in [0.1, 0.15) is 47.5 Å². The summed E-state index contributed by atoms with van der Waals surface area (Å²) in [5, 5.41) is 3.60. The molecule has 0 amide bonds. The van der Waals surface area contributed by atoms with E-state index in [2.05, 4.69) is 58.9 Å². The van der Waals surface area contributed by atoms with E-state index in [0.717, 1.165) is 26.0 Å². The average Bonchev–Trinajstić information content (AvgIpc) is 2.27. The number of hydrogen-bond acceptors (Lipinski definition) is 3. The second-order valence-electron chi connectivity index (χ2n) is 5.20. The van der Waals surface area contributed by atoms with E-state index in [1.54, 1.807) is 0 Å². The zero-order valence-corrected chi connectivity index (χ0v) is 12.8. The van der Waals surface area contributed by atoms with Crippen LogP contribution in [0.5, 0.6) is 0 Å². The highest BCUT2D eigenvalue weighted by Gasteiger charge is 2.37. The van der Waals surface area contributed by atoms with Gasteiger partial charge in [-0.15, -0.1) is 0 Å². The minimum Gasteiger partial charge on any atom is -0.377 e. The maximum Gasteiger partial charge on any atom is 0.0641 e. The molecule has 0 saturated carbocycles. The molecule has 0 bridgehead atoms. The zero-order valence-electron chi connectivity index (χ0n) is 12.8. The van der Waals surface area contributed by atoms with Gasteiger partial charge in [-0.3, -0.25) is 0 Å². The number of rotatable bonds is 9. The zero-order chi connectivity index (χ0) is 13.5. The van der Waals surface area contributed by atoms with Gasteiger partial charge in [-0.25, -0.2) is 0 Å². The second kappa shape index (κ2) is 8.06. The van der Waals surface area contributed by atoms with Crippen LogP contribution in [-0.4, -0.2) is 49.8 Å². The summed E-state index contributed by atoms with van der Waals surface area (Å²) in [5.41, 5.74) is 0.185. The second-order valence-corrected chi connectivity index (χ2v) is 5.20. The first kappa shape index (κ1) is 16.9. The van der Waals surface area contributed by atoms with Gasteiger partial charge < -0.3 is 15.0 Å². The topological polar surface area (TPSA) is 24.5 Å². The molecule has 0 aromatic rings. The number of hydrogen-bond donors (Lipinski definition) is 1. The van der Waals surface area contributed by atoms with Crippen molar-refractivity contribution < 1.29 is 4.74 Å². The quantitative estimate of drug-likeness (QED) is 0.674. The van der Waals surface area contributed by atoms with Gasteiger partial charge in [0.15, 0.2) is 0 Å². The van der Waals surface area contributed by atoms with Crippen molar-refractivity contribution >= 4 is 0 Å². The Labute approximate surface area is 108 Å². The van der Waals surface area contributed by atoms with E-state index in [0.29, 0.717) is 12.1 Å². The Morgan fingerprint density at radius 1 is 1.12 bits per heavy atom. The molecule has 1 N–H and O–H groups in total. The highest BCUT2D eigenvalue weighted by atomic mass is 16.5. The minimum atomic E-state index is 0.185. The molecule has 0 aromatic heterocycles. The van der Waals surface area contributed by atoms with Gasteiger partial charge in [-0.2, -0.15) is 0 Å². The van der Waals surface area contributed by atoms with Crippen LogP contribution in [0.25, 0.3) is 0 Å². The molecule has 0 spiro atoms. The summed E-state index contributed by atoms with van der Waals surface area (Å²) in [7, 11) is 4.35. The van der Waals surface area contributed by atoms with E-state index in [4.69, 9.17) is 4.74 Å². The Kier molecular flexibility index (Phi) is 8.01. The monoisotopic (exact) mass is 244 g/mol. The largest absolute Gasteiger partial charge is 0.377 e. The highest BCUT2D eigenvalue weighted by molar-refractivity contribution is 4.97. The molecule has 17 heavy (non-hydrogen) atoms. The molecular weight excluding hydrogens is 212 g/mol. The molecule has 0 saturated heterocycles. The molecule has 0 aliphatic carbocycles. The van der Waals surface area contributed by atoms with Gasteiger partial charge in [0, 0.05) is 11.6 Å². The van der Waals surface area contributed by atoms with Crippen LogP contribution < -0.4 is 5.32 Å². The summed E-state index contributed by atoms with van der Waals surface area (Å²) in [6.45, 7) is 12.7. The van der Waals surface area contributed by atoms with Gasteiger partial charge in [0.2, 0.25) is 0 Å². The molecule has 104 valence electrons. The minimum absolute atomic E-state index is 0.185. The summed E-state index contributed by atoms with van der Waals surface area (Å²) >= 11 is 0. The van der Waals surface area contributed by atoms with Crippen molar-refractivity contribution in [1.82, 2.24) is 10.2 Å². The molecular formula is C14H32N2O. The molecule has 0 heterocycles. The highest BCUT2D eigenvalue weighted by Crippen LogP contribution is 2.26. The molecule has 3 heteroatoms.